The van der Waals surface area contributed by atoms with Gasteiger partial charge in [0.2, 0.25) is 0 Å². The van der Waals surface area contributed by atoms with Crippen molar-refractivity contribution in [1.82, 2.24) is 14.8 Å². The van der Waals surface area contributed by atoms with Crippen LogP contribution in [0.25, 0.3) is 5.76 Å². The molecule has 1 aliphatic rings. The smallest absolute Gasteiger partial charge is 0.355 e. The SMILES string of the molecule is CCOC(=O)c1[nH]c(C)c(C(O)=C2C(=O)C(=O)N(CCCN(C)C)[C@H]2c2cccc(F)c2)c1C. The summed E-state index contributed by atoms with van der Waals surface area (Å²) < 4.78 is 19.2. The molecule has 9 heteroatoms. The Hall–Kier alpha value is -3.46. The van der Waals surface area contributed by atoms with Crippen molar-refractivity contribution >= 4 is 23.4 Å². The summed E-state index contributed by atoms with van der Waals surface area (Å²) in [6.07, 6.45) is 0.584. The summed E-state index contributed by atoms with van der Waals surface area (Å²) in [4.78, 5) is 44.7. The Morgan fingerprint density at radius 1 is 1.26 bits per heavy atom. The number of H-pyrrole nitrogens is 1. The lowest BCUT2D eigenvalue weighted by Gasteiger charge is -2.26. The molecule has 3 rings (SSSR count). The number of carbonyl (C=O) groups is 3. The van der Waals surface area contributed by atoms with Crippen molar-refractivity contribution in [1.29, 1.82) is 0 Å². The lowest BCUT2D eigenvalue weighted by molar-refractivity contribution is -0.139. The van der Waals surface area contributed by atoms with Crippen LogP contribution >= 0.6 is 0 Å². The van der Waals surface area contributed by atoms with Crippen LogP contribution in [0.3, 0.4) is 0 Å². The number of halogens is 1. The number of esters is 1. The molecule has 1 saturated heterocycles. The Labute approximate surface area is 198 Å². The first-order valence-corrected chi connectivity index (χ1v) is 11.1. The molecule has 0 radical (unpaired) electrons. The molecule has 0 aliphatic carbocycles. The van der Waals surface area contributed by atoms with Crippen LogP contribution in [-0.4, -0.2) is 71.3 Å². The number of Topliss-reactive ketones (excluding diaryl/α,β-unsaturated/α-hetero) is 1. The third kappa shape index (κ3) is 4.75. The average Bonchev–Trinajstić information content (AvgIpc) is 3.21. The maximum absolute atomic E-state index is 14.1. The van der Waals surface area contributed by atoms with Crippen LogP contribution in [0.4, 0.5) is 4.39 Å². The zero-order chi connectivity index (χ0) is 25.2. The number of aromatic nitrogens is 1. The molecule has 0 bridgehead atoms. The second-order valence-electron chi connectivity index (χ2n) is 8.55. The molecular formula is C25H30FN3O5. The number of aryl methyl sites for hydroxylation is 1. The first kappa shape index (κ1) is 25.2. The van der Waals surface area contributed by atoms with Gasteiger partial charge in [-0.05, 0) is 71.1 Å². The highest BCUT2D eigenvalue weighted by atomic mass is 19.1. The largest absolute Gasteiger partial charge is 0.507 e. The number of amides is 1. The van der Waals surface area contributed by atoms with Gasteiger partial charge in [-0.15, -0.1) is 0 Å². The van der Waals surface area contributed by atoms with Crippen molar-refractivity contribution in [2.75, 3.05) is 33.8 Å². The summed E-state index contributed by atoms with van der Waals surface area (Å²) in [6, 6.07) is 4.68. The predicted molar refractivity (Wildman–Crippen MR) is 125 cm³/mol. The number of nitrogens with zero attached hydrogens (tertiary/aromatic N) is 2. The highest BCUT2D eigenvalue weighted by Gasteiger charge is 2.46. The van der Waals surface area contributed by atoms with Gasteiger partial charge in [-0.2, -0.15) is 0 Å². The lowest BCUT2D eigenvalue weighted by Crippen LogP contribution is -2.32. The van der Waals surface area contributed by atoms with Gasteiger partial charge in [-0.25, -0.2) is 9.18 Å². The van der Waals surface area contributed by atoms with E-state index in [-0.39, 0.29) is 30.0 Å². The van der Waals surface area contributed by atoms with Crippen LogP contribution < -0.4 is 0 Å². The van der Waals surface area contributed by atoms with Gasteiger partial charge in [0, 0.05) is 17.8 Å². The van der Waals surface area contributed by atoms with E-state index in [0.717, 1.165) is 0 Å². The van der Waals surface area contributed by atoms with Crippen LogP contribution in [0.5, 0.6) is 0 Å². The molecule has 0 spiro atoms. The number of aliphatic hydroxyl groups excluding tert-OH is 1. The molecule has 1 fully saturated rings. The van der Waals surface area contributed by atoms with E-state index in [0.29, 0.717) is 29.8 Å². The van der Waals surface area contributed by atoms with Crippen molar-refractivity contribution in [3.63, 3.8) is 0 Å². The Balaban J connectivity index is 2.16. The van der Waals surface area contributed by atoms with Crippen LogP contribution in [0, 0.1) is 19.7 Å². The molecule has 0 saturated carbocycles. The third-order valence-electron chi connectivity index (χ3n) is 5.86. The van der Waals surface area contributed by atoms with Gasteiger partial charge in [-0.1, -0.05) is 12.1 Å². The van der Waals surface area contributed by atoms with Crippen molar-refractivity contribution in [3.05, 3.63) is 63.7 Å². The number of carbonyl (C=O) groups excluding carboxylic acids is 3. The number of nitrogens with one attached hydrogen (secondary N) is 1. The fourth-order valence-electron chi connectivity index (χ4n) is 4.34. The molecule has 1 aliphatic heterocycles. The molecule has 2 N–H and O–H groups in total. The predicted octanol–water partition coefficient (Wildman–Crippen LogP) is 3.32. The quantitative estimate of drug-likeness (QED) is 0.265. The molecule has 1 amide bonds. The molecule has 2 heterocycles. The van der Waals surface area contributed by atoms with Crippen molar-refractivity contribution in [2.45, 2.75) is 33.2 Å². The van der Waals surface area contributed by atoms with Gasteiger partial charge >= 0.3 is 5.97 Å². The summed E-state index contributed by atoms with van der Waals surface area (Å²) >= 11 is 0. The summed E-state index contributed by atoms with van der Waals surface area (Å²) in [5.74, 6) is -3.13. The lowest BCUT2D eigenvalue weighted by atomic mass is 9.94. The molecule has 182 valence electrons. The number of likely N-dealkylation sites (tertiary alicyclic amines) is 1. The van der Waals surface area contributed by atoms with Crippen LogP contribution in [0.2, 0.25) is 0 Å². The standard InChI is InChI=1S/C25H30FN3O5/c1-6-34-25(33)20-14(2)18(15(3)27-20)22(30)19-21(16-9-7-10-17(26)13-16)29(24(32)23(19)31)12-8-11-28(4)5/h7,9-10,13,21,27,30H,6,8,11-12H2,1-5H3/t21-/m0/s1. The molecule has 1 atom stereocenters. The minimum Gasteiger partial charge on any atom is -0.507 e. The van der Waals surface area contributed by atoms with Gasteiger partial charge in [0.15, 0.2) is 0 Å². The number of aliphatic hydroxyl groups is 1. The number of rotatable bonds is 8. The van der Waals surface area contributed by atoms with E-state index in [4.69, 9.17) is 4.74 Å². The Kier molecular flexibility index (Phi) is 7.56. The van der Waals surface area contributed by atoms with Gasteiger partial charge in [0.1, 0.15) is 17.3 Å². The van der Waals surface area contributed by atoms with Gasteiger partial charge in [0.05, 0.1) is 18.2 Å². The molecule has 34 heavy (non-hydrogen) atoms. The Morgan fingerprint density at radius 3 is 2.59 bits per heavy atom. The van der Waals surface area contributed by atoms with Gasteiger partial charge in [0.25, 0.3) is 11.7 Å². The van der Waals surface area contributed by atoms with Crippen molar-refractivity contribution in [2.24, 2.45) is 0 Å². The van der Waals surface area contributed by atoms with E-state index in [1.165, 1.54) is 23.1 Å². The summed E-state index contributed by atoms with van der Waals surface area (Å²) in [5.41, 5.74) is 1.47. The van der Waals surface area contributed by atoms with E-state index >= 15 is 0 Å². The van der Waals surface area contributed by atoms with Crippen molar-refractivity contribution in [3.8, 4) is 0 Å². The van der Waals surface area contributed by atoms with Gasteiger partial charge in [-0.3, -0.25) is 9.59 Å². The second-order valence-corrected chi connectivity index (χ2v) is 8.55. The monoisotopic (exact) mass is 471 g/mol. The van der Waals surface area contributed by atoms with E-state index in [1.54, 1.807) is 26.8 Å². The minimum absolute atomic E-state index is 0.138. The van der Waals surface area contributed by atoms with E-state index in [9.17, 15) is 23.9 Å². The van der Waals surface area contributed by atoms with Crippen LogP contribution in [-0.2, 0) is 14.3 Å². The molecule has 0 unspecified atom stereocenters. The fourth-order valence-corrected chi connectivity index (χ4v) is 4.34. The molecular weight excluding hydrogens is 441 g/mol. The molecule has 1 aromatic heterocycles. The van der Waals surface area contributed by atoms with E-state index < -0.39 is 35.3 Å². The molecule has 1 aromatic carbocycles. The average molecular weight is 472 g/mol. The number of benzene rings is 1. The molecule has 2 aromatic rings. The van der Waals surface area contributed by atoms with Gasteiger partial charge < -0.3 is 24.6 Å². The van der Waals surface area contributed by atoms with Crippen LogP contribution in [0.15, 0.2) is 29.8 Å². The highest BCUT2D eigenvalue weighted by molar-refractivity contribution is 6.46. The van der Waals surface area contributed by atoms with Crippen molar-refractivity contribution < 1.29 is 28.6 Å². The second kappa shape index (κ2) is 10.2. The number of ether oxygens (including phenoxy) is 1. The summed E-state index contributed by atoms with van der Waals surface area (Å²) in [5, 5.41) is 11.3. The maximum Gasteiger partial charge on any atom is 0.355 e. The third-order valence-corrected chi connectivity index (χ3v) is 5.86. The normalized spacial score (nSPS) is 17.6. The number of ketones is 1. The first-order chi connectivity index (χ1) is 16.1. The topological polar surface area (TPSA) is 103 Å². The zero-order valence-electron chi connectivity index (χ0n) is 20.1. The number of aromatic amines is 1. The first-order valence-electron chi connectivity index (χ1n) is 11.1. The maximum atomic E-state index is 14.1. The van der Waals surface area contributed by atoms with Crippen LogP contribution in [0.1, 0.15) is 52.3 Å². The molecule has 8 nitrogen and oxygen atoms in total. The highest BCUT2D eigenvalue weighted by Crippen LogP contribution is 2.41. The Bertz CT molecular complexity index is 1150. The van der Waals surface area contributed by atoms with E-state index in [1.807, 2.05) is 19.0 Å². The summed E-state index contributed by atoms with van der Waals surface area (Å²) in [7, 11) is 3.80. The number of hydrogen-bond donors (Lipinski definition) is 2. The minimum atomic E-state index is -0.961. The Morgan fingerprint density at radius 2 is 1.97 bits per heavy atom. The zero-order valence-corrected chi connectivity index (χ0v) is 20.1. The van der Waals surface area contributed by atoms with E-state index in [2.05, 4.69) is 4.98 Å². The number of hydrogen-bond acceptors (Lipinski definition) is 6. The summed E-state index contributed by atoms with van der Waals surface area (Å²) in [6.45, 7) is 6.05. The fraction of sp³-hybridized carbons (Fsp3) is 0.400.